The van der Waals surface area contributed by atoms with Crippen molar-refractivity contribution < 1.29 is 19.5 Å². The minimum atomic E-state index is -0.975. The molecule has 6 heteroatoms. The molecule has 1 aromatic rings. The Labute approximate surface area is 148 Å². The zero-order valence-electron chi connectivity index (χ0n) is 14.7. The van der Waals surface area contributed by atoms with E-state index in [0.29, 0.717) is 25.9 Å². The summed E-state index contributed by atoms with van der Waals surface area (Å²) in [4.78, 5) is 37.1. The number of nitrogens with one attached hydrogen (secondary N) is 1. The number of hydrogen-bond donors (Lipinski definition) is 2. The second-order valence-corrected chi connectivity index (χ2v) is 6.48. The van der Waals surface area contributed by atoms with Crippen molar-refractivity contribution in [3.63, 3.8) is 0 Å². The van der Waals surface area contributed by atoms with Gasteiger partial charge in [-0.1, -0.05) is 25.5 Å². The molecule has 1 saturated heterocycles. The summed E-state index contributed by atoms with van der Waals surface area (Å²) in [6.07, 6.45) is 3.70. The summed E-state index contributed by atoms with van der Waals surface area (Å²) >= 11 is 0. The number of amides is 2. The second-order valence-electron chi connectivity index (χ2n) is 6.48. The molecule has 0 spiro atoms. The first kappa shape index (κ1) is 19.0. The van der Waals surface area contributed by atoms with E-state index in [1.165, 1.54) is 12.1 Å². The number of rotatable bonds is 7. The number of carbonyl (C=O) groups excluding carboxylic acids is 2. The molecule has 1 fully saturated rings. The van der Waals surface area contributed by atoms with Crippen molar-refractivity contribution in [2.24, 2.45) is 5.92 Å². The average molecular weight is 346 g/mol. The number of piperidine rings is 1. The van der Waals surface area contributed by atoms with Crippen LogP contribution in [0.5, 0.6) is 0 Å². The summed E-state index contributed by atoms with van der Waals surface area (Å²) in [5.41, 5.74) is 1.01. The third-order valence-corrected chi connectivity index (χ3v) is 4.60. The fourth-order valence-corrected chi connectivity index (χ4v) is 2.98. The maximum absolute atomic E-state index is 12.4. The van der Waals surface area contributed by atoms with Gasteiger partial charge in [-0.15, -0.1) is 0 Å². The van der Waals surface area contributed by atoms with Crippen LogP contribution in [-0.2, 0) is 16.0 Å². The molecule has 0 radical (unpaired) electrons. The maximum Gasteiger partial charge on any atom is 0.335 e. The summed E-state index contributed by atoms with van der Waals surface area (Å²) in [5, 5.41) is 11.9. The predicted octanol–water partition coefficient (Wildman–Crippen LogP) is 2.08. The molecule has 1 aliphatic rings. The van der Waals surface area contributed by atoms with Crippen LogP contribution in [0.25, 0.3) is 0 Å². The van der Waals surface area contributed by atoms with Crippen LogP contribution < -0.4 is 5.32 Å². The van der Waals surface area contributed by atoms with Crippen LogP contribution in [0.1, 0.15) is 48.5 Å². The van der Waals surface area contributed by atoms with Gasteiger partial charge in [0.25, 0.3) is 0 Å². The maximum atomic E-state index is 12.4. The quantitative estimate of drug-likeness (QED) is 0.740. The Bertz CT molecular complexity index is 604. The normalized spacial score (nSPS) is 15.0. The van der Waals surface area contributed by atoms with E-state index in [9.17, 15) is 14.4 Å². The van der Waals surface area contributed by atoms with Crippen molar-refractivity contribution in [1.82, 2.24) is 10.2 Å². The molecule has 0 unspecified atom stereocenters. The number of carboxylic acid groups (broad SMARTS) is 1. The smallest absolute Gasteiger partial charge is 0.335 e. The van der Waals surface area contributed by atoms with E-state index in [1.807, 2.05) is 0 Å². The first-order valence-electron chi connectivity index (χ1n) is 8.89. The van der Waals surface area contributed by atoms with E-state index < -0.39 is 5.97 Å². The van der Waals surface area contributed by atoms with Crippen LogP contribution in [0, 0.1) is 5.92 Å². The van der Waals surface area contributed by atoms with Gasteiger partial charge in [-0.3, -0.25) is 9.59 Å². The van der Waals surface area contributed by atoms with Crippen molar-refractivity contribution in [2.45, 2.75) is 39.0 Å². The third-order valence-electron chi connectivity index (χ3n) is 4.60. The summed E-state index contributed by atoms with van der Waals surface area (Å²) in [5.74, 6) is -0.856. The molecule has 0 aromatic heterocycles. The van der Waals surface area contributed by atoms with Crippen molar-refractivity contribution >= 4 is 17.8 Å². The van der Waals surface area contributed by atoms with Gasteiger partial charge in [0, 0.05) is 25.6 Å². The highest BCUT2D eigenvalue weighted by molar-refractivity contribution is 5.88. The van der Waals surface area contributed by atoms with Gasteiger partial charge in [0.1, 0.15) is 0 Å². The Balaban J connectivity index is 1.79. The third kappa shape index (κ3) is 5.59. The zero-order chi connectivity index (χ0) is 18.2. The molecule has 0 bridgehead atoms. The molecular formula is C19H26N2O4. The van der Waals surface area contributed by atoms with Gasteiger partial charge in [0.15, 0.2) is 0 Å². The summed E-state index contributed by atoms with van der Waals surface area (Å²) in [6, 6.07) is 6.38. The molecule has 2 rings (SSSR count). The molecular weight excluding hydrogens is 320 g/mol. The monoisotopic (exact) mass is 346 g/mol. The first-order valence-corrected chi connectivity index (χ1v) is 8.89. The Morgan fingerprint density at radius 1 is 1.16 bits per heavy atom. The number of likely N-dealkylation sites (tertiary alicyclic amines) is 1. The Morgan fingerprint density at radius 2 is 1.80 bits per heavy atom. The fourth-order valence-electron chi connectivity index (χ4n) is 2.98. The number of carbonyl (C=O) groups is 3. The number of carboxylic acids is 1. The molecule has 2 amide bonds. The molecule has 0 atom stereocenters. The summed E-state index contributed by atoms with van der Waals surface area (Å²) in [6.45, 7) is 4.00. The minimum Gasteiger partial charge on any atom is -0.478 e. The largest absolute Gasteiger partial charge is 0.478 e. The highest BCUT2D eigenvalue weighted by atomic mass is 16.4. The lowest BCUT2D eigenvalue weighted by molar-refractivity contribution is -0.135. The molecule has 1 aromatic carbocycles. The topological polar surface area (TPSA) is 86.7 Å². The Hall–Kier alpha value is -2.37. The minimum absolute atomic E-state index is 0.00393. The van der Waals surface area contributed by atoms with Gasteiger partial charge in [0.05, 0.1) is 12.0 Å². The van der Waals surface area contributed by atoms with Crippen LogP contribution in [0.15, 0.2) is 24.3 Å². The van der Waals surface area contributed by atoms with Gasteiger partial charge in [-0.2, -0.15) is 0 Å². The SMILES string of the molecule is CCCCNC(=O)C1CCN(C(=O)Cc2ccc(C(=O)O)cc2)CC1. The van der Waals surface area contributed by atoms with E-state index in [-0.39, 0.29) is 29.7 Å². The van der Waals surface area contributed by atoms with Gasteiger partial charge < -0.3 is 15.3 Å². The number of nitrogens with zero attached hydrogens (tertiary/aromatic N) is 1. The second kappa shape index (κ2) is 9.20. The van der Waals surface area contributed by atoms with Crippen LogP contribution in [-0.4, -0.2) is 47.4 Å². The average Bonchev–Trinajstić information content (AvgIpc) is 2.62. The van der Waals surface area contributed by atoms with Crippen molar-refractivity contribution in [1.29, 1.82) is 0 Å². The summed E-state index contributed by atoms with van der Waals surface area (Å²) < 4.78 is 0. The van der Waals surface area contributed by atoms with Gasteiger partial charge in [-0.05, 0) is 37.0 Å². The molecule has 25 heavy (non-hydrogen) atoms. The van der Waals surface area contributed by atoms with Gasteiger partial charge >= 0.3 is 5.97 Å². The molecule has 0 aliphatic carbocycles. The van der Waals surface area contributed by atoms with Crippen LogP contribution in [0.4, 0.5) is 0 Å². The highest BCUT2D eigenvalue weighted by Gasteiger charge is 2.27. The molecule has 136 valence electrons. The highest BCUT2D eigenvalue weighted by Crippen LogP contribution is 2.18. The van der Waals surface area contributed by atoms with Gasteiger partial charge in [0.2, 0.25) is 11.8 Å². The molecule has 6 nitrogen and oxygen atoms in total. The zero-order valence-corrected chi connectivity index (χ0v) is 14.7. The first-order chi connectivity index (χ1) is 12.0. The van der Waals surface area contributed by atoms with E-state index in [0.717, 1.165) is 24.9 Å². The number of unbranched alkanes of at least 4 members (excludes halogenated alkanes) is 1. The number of hydrogen-bond acceptors (Lipinski definition) is 3. The number of benzene rings is 1. The van der Waals surface area contributed by atoms with E-state index in [1.54, 1.807) is 17.0 Å². The van der Waals surface area contributed by atoms with E-state index in [4.69, 9.17) is 5.11 Å². The van der Waals surface area contributed by atoms with Crippen LogP contribution >= 0.6 is 0 Å². The lowest BCUT2D eigenvalue weighted by Gasteiger charge is -2.31. The lowest BCUT2D eigenvalue weighted by atomic mass is 9.95. The fraction of sp³-hybridized carbons (Fsp3) is 0.526. The Kier molecular flexibility index (Phi) is 6.98. The van der Waals surface area contributed by atoms with Gasteiger partial charge in [-0.25, -0.2) is 4.79 Å². The van der Waals surface area contributed by atoms with E-state index >= 15 is 0 Å². The van der Waals surface area contributed by atoms with Crippen molar-refractivity contribution in [2.75, 3.05) is 19.6 Å². The van der Waals surface area contributed by atoms with Crippen LogP contribution in [0.2, 0.25) is 0 Å². The molecule has 0 saturated carbocycles. The Morgan fingerprint density at radius 3 is 2.36 bits per heavy atom. The summed E-state index contributed by atoms with van der Waals surface area (Å²) in [7, 11) is 0. The predicted molar refractivity (Wildman–Crippen MR) is 94.3 cm³/mol. The van der Waals surface area contributed by atoms with Crippen molar-refractivity contribution in [3.8, 4) is 0 Å². The molecule has 1 aliphatic heterocycles. The van der Waals surface area contributed by atoms with Crippen LogP contribution in [0.3, 0.4) is 0 Å². The lowest BCUT2D eigenvalue weighted by Crippen LogP contribution is -2.43. The standard InChI is InChI=1S/C19H26N2O4/c1-2-3-10-20-18(23)15-8-11-21(12-9-15)17(22)13-14-4-6-16(7-5-14)19(24)25/h4-7,15H,2-3,8-13H2,1H3,(H,20,23)(H,24,25). The molecule has 1 heterocycles. The molecule has 2 N–H and O–H groups in total. The van der Waals surface area contributed by atoms with E-state index in [2.05, 4.69) is 12.2 Å². The van der Waals surface area contributed by atoms with Crippen molar-refractivity contribution in [3.05, 3.63) is 35.4 Å². The number of aromatic carboxylic acids is 1.